The minimum atomic E-state index is -4.61. The molecule has 0 radical (unpaired) electrons. The maximum absolute atomic E-state index is 13.6. The number of rotatable bonds is 4. The van der Waals surface area contributed by atoms with Crippen LogP contribution in [0.25, 0.3) is 33.5 Å². The molecule has 2 aromatic carbocycles. The predicted molar refractivity (Wildman–Crippen MR) is 126 cm³/mol. The Kier molecular flexibility index (Phi) is 5.98. The molecule has 1 N–H and O–H groups in total. The van der Waals surface area contributed by atoms with Gasteiger partial charge in [-0.25, -0.2) is 9.97 Å². The van der Waals surface area contributed by atoms with Gasteiger partial charge in [0.1, 0.15) is 5.82 Å². The van der Waals surface area contributed by atoms with Crippen LogP contribution >= 0.6 is 0 Å². The summed E-state index contributed by atoms with van der Waals surface area (Å²) in [6.45, 7) is 0. The van der Waals surface area contributed by atoms with Crippen molar-refractivity contribution in [3.05, 3.63) is 96.4 Å². The van der Waals surface area contributed by atoms with Crippen molar-refractivity contribution in [3.63, 3.8) is 0 Å². The molecule has 186 valence electrons. The molecule has 0 atom stereocenters. The van der Waals surface area contributed by atoms with Crippen LogP contribution in [0.5, 0.6) is 0 Å². The fourth-order valence-electron chi connectivity index (χ4n) is 3.74. The van der Waals surface area contributed by atoms with E-state index in [1.807, 2.05) is 0 Å². The van der Waals surface area contributed by atoms with Gasteiger partial charge in [0.15, 0.2) is 5.82 Å². The van der Waals surface area contributed by atoms with E-state index in [0.717, 1.165) is 18.2 Å². The first-order valence-electron chi connectivity index (χ1n) is 10.8. The summed E-state index contributed by atoms with van der Waals surface area (Å²) in [5, 5.41) is 3.44. The Morgan fingerprint density at radius 1 is 0.703 bits per heavy atom. The van der Waals surface area contributed by atoms with Crippen molar-refractivity contribution in [1.29, 1.82) is 0 Å². The largest absolute Gasteiger partial charge is 0.418 e. The van der Waals surface area contributed by atoms with Gasteiger partial charge in [0, 0.05) is 40.8 Å². The first-order chi connectivity index (χ1) is 17.6. The van der Waals surface area contributed by atoms with Crippen LogP contribution in [0.15, 0.2) is 85.3 Å². The highest BCUT2D eigenvalue weighted by Gasteiger charge is 2.34. The van der Waals surface area contributed by atoms with Crippen LogP contribution in [0.2, 0.25) is 0 Å². The number of fused-ring (bicyclic) bond motifs is 1. The average molecular weight is 511 g/mol. The number of anilines is 2. The number of nitrogens with one attached hydrogen (secondary N) is 1. The second-order valence-corrected chi connectivity index (χ2v) is 7.97. The highest BCUT2D eigenvalue weighted by Crippen LogP contribution is 2.37. The van der Waals surface area contributed by atoms with Crippen LogP contribution < -0.4 is 5.32 Å². The van der Waals surface area contributed by atoms with Crippen molar-refractivity contribution in [3.8, 4) is 22.6 Å². The number of hydrogen-bond acceptors (Lipinski definition) is 5. The third-order valence-corrected chi connectivity index (χ3v) is 5.48. The van der Waals surface area contributed by atoms with Gasteiger partial charge in [-0.15, -0.1) is 0 Å². The van der Waals surface area contributed by atoms with Crippen LogP contribution in [0.3, 0.4) is 0 Å². The van der Waals surface area contributed by atoms with E-state index in [4.69, 9.17) is 0 Å². The van der Waals surface area contributed by atoms with E-state index >= 15 is 0 Å². The second-order valence-electron chi connectivity index (χ2n) is 7.97. The van der Waals surface area contributed by atoms with Crippen LogP contribution in [-0.4, -0.2) is 19.9 Å². The molecule has 5 aromatic rings. The third-order valence-electron chi connectivity index (χ3n) is 5.48. The molecule has 5 nitrogen and oxygen atoms in total. The average Bonchev–Trinajstić information content (AvgIpc) is 2.88. The summed E-state index contributed by atoms with van der Waals surface area (Å²) < 4.78 is 79.6. The normalized spacial score (nSPS) is 12.1. The fourth-order valence-corrected chi connectivity index (χ4v) is 3.74. The molecule has 0 aliphatic carbocycles. The molecule has 3 aromatic heterocycles. The van der Waals surface area contributed by atoms with Crippen LogP contribution in [0, 0.1) is 0 Å². The quantitative estimate of drug-likeness (QED) is 0.253. The summed E-state index contributed by atoms with van der Waals surface area (Å²) in [6.07, 6.45) is -4.74. The summed E-state index contributed by atoms with van der Waals surface area (Å²) in [5.74, 6) is 0.483. The zero-order valence-electron chi connectivity index (χ0n) is 18.6. The Bertz CT molecular complexity index is 1570. The van der Waals surface area contributed by atoms with Gasteiger partial charge >= 0.3 is 12.4 Å². The van der Waals surface area contributed by atoms with Gasteiger partial charge in [-0.2, -0.15) is 26.3 Å². The topological polar surface area (TPSA) is 63.6 Å². The maximum atomic E-state index is 13.6. The Balaban J connectivity index is 1.64. The number of hydrogen-bond donors (Lipinski definition) is 1. The molecule has 0 aliphatic heterocycles. The molecular weight excluding hydrogens is 496 g/mol. The minimum Gasteiger partial charge on any atom is -0.340 e. The van der Waals surface area contributed by atoms with Crippen molar-refractivity contribution in [2.75, 3.05) is 5.32 Å². The number of benzene rings is 2. The summed E-state index contributed by atoms with van der Waals surface area (Å²) in [6, 6.07) is 14.4. The zero-order valence-corrected chi connectivity index (χ0v) is 18.6. The fraction of sp³-hybridized carbons (Fsp3) is 0.0769. The Labute approximate surface area is 205 Å². The lowest BCUT2D eigenvalue weighted by Gasteiger charge is -2.14. The molecule has 11 heteroatoms. The van der Waals surface area contributed by atoms with Gasteiger partial charge < -0.3 is 5.32 Å². The SMILES string of the molecule is FC(F)(F)c1ccc(Nc2nc(-c3cccnc3)nc3cc(-c4ncccc4C(F)(F)F)ccc23)cc1. The number of nitrogens with zero attached hydrogens (tertiary/aromatic N) is 4. The lowest BCUT2D eigenvalue weighted by molar-refractivity contribution is -0.138. The highest BCUT2D eigenvalue weighted by molar-refractivity contribution is 5.94. The highest BCUT2D eigenvalue weighted by atomic mass is 19.4. The molecule has 0 bridgehead atoms. The molecular formula is C26H15F6N5. The van der Waals surface area contributed by atoms with Gasteiger partial charge in [-0.05, 0) is 60.7 Å². The molecule has 37 heavy (non-hydrogen) atoms. The van der Waals surface area contributed by atoms with E-state index < -0.39 is 23.5 Å². The lowest BCUT2D eigenvalue weighted by atomic mass is 10.0. The number of alkyl halides is 6. The van der Waals surface area contributed by atoms with Gasteiger partial charge in [0.25, 0.3) is 0 Å². The molecule has 0 saturated heterocycles. The third kappa shape index (κ3) is 5.06. The Hall–Kier alpha value is -4.54. The molecule has 5 rings (SSSR count). The monoisotopic (exact) mass is 511 g/mol. The zero-order chi connectivity index (χ0) is 26.2. The molecule has 0 amide bonds. The van der Waals surface area contributed by atoms with Crippen molar-refractivity contribution < 1.29 is 26.3 Å². The predicted octanol–water partition coefficient (Wildman–Crippen LogP) is 7.54. The Morgan fingerprint density at radius 3 is 2.14 bits per heavy atom. The summed E-state index contributed by atoms with van der Waals surface area (Å²) in [5.41, 5.74) is -0.578. The van der Waals surface area contributed by atoms with Crippen molar-refractivity contribution >= 4 is 22.4 Å². The van der Waals surface area contributed by atoms with Crippen molar-refractivity contribution in [1.82, 2.24) is 19.9 Å². The summed E-state index contributed by atoms with van der Waals surface area (Å²) >= 11 is 0. The number of pyridine rings is 2. The molecule has 0 spiro atoms. The molecule has 3 heterocycles. The standard InChI is InChI=1S/C26H15F6N5/c27-25(28,29)17-6-8-18(9-7-17)35-24-19-10-5-15(22-20(26(30,31)32)4-2-12-34-22)13-21(19)36-23(37-24)16-3-1-11-33-14-16/h1-14H,(H,35,36,37). The van der Waals surface area contributed by atoms with E-state index in [1.165, 1.54) is 42.7 Å². The van der Waals surface area contributed by atoms with Gasteiger partial charge in [0.05, 0.1) is 22.3 Å². The van der Waals surface area contributed by atoms with Crippen LogP contribution in [0.1, 0.15) is 11.1 Å². The van der Waals surface area contributed by atoms with Crippen molar-refractivity contribution in [2.45, 2.75) is 12.4 Å². The second kappa shape index (κ2) is 9.16. The number of halogens is 6. The molecule has 0 fully saturated rings. The van der Waals surface area contributed by atoms with Gasteiger partial charge in [0.2, 0.25) is 0 Å². The number of aromatic nitrogens is 4. The van der Waals surface area contributed by atoms with Gasteiger partial charge in [-0.1, -0.05) is 6.07 Å². The van der Waals surface area contributed by atoms with Crippen LogP contribution in [-0.2, 0) is 12.4 Å². The van der Waals surface area contributed by atoms with E-state index in [0.29, 0.717) is 22.2 Å². The first-order valence-corrected chi connectivity index (χ1v) is 10.8. The van der Waals surface area contributed by atoms with Crippen LogP contribution in [0.4, 0.5) is 37.8 Å². The first kappa shape index (κ1) is 24.2. The molecule has 0 aliphatic rings. The Morgan fingerprint density at radius 2 is 1.46 bits per heavy atom. The lowest BCUT2D eigenvalue weighted by Crippen LogP contribution is -2.08. The van der Waals surface area contributed by atoms with Crippen molar-refractivity contribution in [2.24, 2.45) is 0 Å². The summed E-state index contributed by atoms with van der Waals surface area (Å²) in [7, 11) is 0. The maximum Gasteiger partial charge on any atom is 0.418 e. The van der Waals surface area contributed by atoms with E-state index in [2.05, 4.69) is 25.3 Å². The molecule has 0 saturated carbocycles. The minimum absolute atomic E-state index is 0.191. The summed E-state index contributed by atoms with van der Waals surface area (Å²) in [4.78, 5) is 17.0. The van der Waals surface area contributed by atoms with E-state index in [1.54, 1.807) is 24.4 Å². The molecule has 0 unspecified atom stereocenters. The smallest absolute Gasteiger partial charge is 0.340 e. The van der Waals surface area contributed by atoms with Gasteiger partial charge in [-0.3, -0.25) is 9.97 Å². The van der Waals surface area contributed by atoms with E-state index in [-0.39, 0.29) is 22.9 Å². The van der Waals surface area contributed by atoms with E-state index in [9.17, 15) is 26.3 Å².